The number of alkyl halides is 1. The number of hydrogen-bond donors (Lipinski definition) is 0. The Bertz CT molecular complexity index is 584. The smallest absolute Gasteiger partial charge is 0.113 e. The Kier molecular flexibility index (Phi) is 11.6. The number of allylic oxidation sites excluding steroid dienone is 1. The van der Waals surface area contributed by atoms with E-state index in [2.05, 4.69) is 37.5 Å². The molecule has 1 saturated heterocycles. The summed E-state index contributed by atoms with van der Waals surface area (Å²) in [5, 5.41) is 0. The predicted octanol–water partition coefficient (Wildman–Crippen LogP) is 4.49. The van der Waals surface area contributed by atoms with E-state index >= 15 is 0 Å². The van der Waals surface area contributed by atoms with Crippen molar-refractivity contribution in [3.63, 3.8) is 0 Å². The van der Waals surface area contributed by atoms with Crippen molar-refractivity contribution >= 4 is 40.5 Å². The van der Waals surface area contributed by atoms with Crippen LogP contribution in [0.1, 0.15) is 41.1 Å². The van der Waals surface area contributed by atoms with Gasteiger partial charge in [-0.05, 0) is 55.4 Å². The van der Waals surface area contributed by atoms with Gasteiger partial charge in [0.2, 0.25) is 0 Å². The van der Waals surface area contributed by atoms with E-state index in [4.69, 9.17) is 4.74 Å². The minimum absolute atomic E-state index is 0. The molecule has 1 aromatic rings. The molecule has 0 spiro atoms. The first-order chi connectivity index (χ1) is 11.1. The maximum absolute atomic E-state index is 12.6. The molecule has 1 fully saturated rings. The second-order valence-corrected chi connectivity index (χ2v) is 7.01. The molecule has 0 N–H and O–H groups in total. The van der Waals surface area contributed by atoms with E-state index in [9.17, 15) is 4.39 Å². The molecule has 150 valence electrons. The second kappa shape index (κ2) is 11.6. The summed E-state index contributed by atoms with van der Waals surface area (Å²) in [5.41, 5.74) is 5.69. The number of aryl methyl sites for hydroxylation is 2. The van der Waals surface area contributed by atoms with Gasteiger partial charge in [-0.2, -0.15) is 40.5 Å². The standard InChI is InChI=1S/C20H28FNO.3H2S/c1-4-5-17-13-22-8-6-16-10-14(2)15(3)11-18(16)19(22)12-20(17)23-9-7-21;;;/h4,10-11,17,19-20H,1,5-9,12-13H2,2-3H3;3*1H2/t17-,19-,20-;;;/m0.../s1/i21-1;;;. The molecule has 3 atom stereocenters. The molecule has 0 saturated carbocycles. The van der Waals surface area contributed by atoms with Gasteiger partial charge in [-0.1, -0.05) is 18.2 Å². The normalized spacial score (nSPS) is 24.2. The number of fused-ring (bicyclic) bond motifs is 3. The van der Waals surface area contributed by atoms with Gasteiger partial charge in [0, 0.05) is 25.0 Å². The van der Waals surface area contributed by atoms with Crippen molar-refractivity contribution in [3.05, 3.63) is 47.0 Å². The van der Waals surface area contributed by atoms with Crippen molar-refractivity contribution in [2.45, 2.75) is 45.3 Å². The summed E-state index contributed by atoms with van der Waals surface area (Å²) in [4.78, 5) is 2.60. The summed E-state index contributed by atoms with van der Waals surface area (Å²) in [6.07, 6.45) is 5.15. The molecule has 0 unspecified atom stereocenters. The van der Waals surface area contributed by atoms with Gasteiger partial charge in [0.25, 0.3) is 0 Å². The van der Waals surface area contributed by atoms with Gasteiger partial charge in [0.15, 0.2) is 0 Å². The molecule has 0 radical (unpaired) electrons. The van der Waals surface area contributed by atoms with Crippen LogP contribution in [0.15, 0.2) is 24.8 Å². The number of halogens is 1. The lowest BCUT2D eigenvalue weighted by Crippen LogP contribution is -2.48. The Balaban J connectivity index is 0.00000208. The van der Waals surface area contributed by atoms with Crippen LogP contribution < -0.4 is 0 Å². The molecule has 2 heterocycles. The average molecular weight is 419 g/mol. The van der Waals surface area contributed by atoms with Crippen LogP contribution in [0.5, 0.6) is 0 Å². The van der Waals surface area contributed by atoms with Crippen molar-refractivity contribution in [1.82, 2.24) is 4.90 Å². The van der Waals surface area contributed by atoms with Crippen LogP contribution in [-0.4, -0.2) is 37.4 Å². The average Bonchev–Trinajstić information content (AvgIpc) is 2.54. The zero-order valence-corrected chi connectivity index (χ0v) is 18.9. The number of ether oxygens (including phenoxy) is 1. The molecule has 0 bridgehead atoms. The van der Waals surface area contributed by atoms with Crippen molar-refractivity contribution in [3.8, 4) is 0 Å². The lowest BCUT2D eigenvalue weighted by molar-refractivity contribution is -0.0603. The molecule has 26 heavy (non-hydrogen) atoms. The third-order valence-electron chi connectivity index (χ3n) is 5.55. The molecule has 2 aliphatic rings. The highest BCUT2D eigenvalue weighted by molar-refractivity contribution is 7.59. The molecular weight excluding hydrogens is 384 g/mol. The molecular formula is C20H34FNOS3. The van der Waals surface area contributed by atoms with E-state index < -0.39 is 6.67 Å². The van der Waals surface area contributed by atoms with E-state index in [0.29, 0.717) is 12.0 Å². The van der Waals surface area contributed by atoms with Crippen LogP contribution in [0, 0.1) is 19.8 Å². The van der Waals surface area contributed by atoms with E-state index in [0.717, 1.165) is 32.4 Å². The highest BCUT2D eigenvalue weighted by Crippen LogP contribution is 2.41. The van der Waals surface area contributed by atoms with Crippen molar-refractivity contribution in [1.29, 1.82) is 0 Å². The SMILES string of the molecule is C=CC[C@H]1CN2CCc3cc(C)c(C)cc3[C@@H]2C[C@@H]1OCC[18F].S.S.S. The van der Waals surface area contributed by atoms with E-state index in [1.807, 2.05) is 6.08 Å². The summed E-state index contributed by atoms with van der Waals surface area (Å²) in [7, 11) is 0. The molecule has 0 aliphatic carbocycles. The van der Waals surface area contributed by atoms with Crippen molar-refractivity contribution in [2.75, 3.05) is 26.4 Å². The number of hydrogen-bond acceptors (Lipinski definition) is 2. The van der Waals surface area contributed by atoms with Gasteiger partial charge < -0.3 is 4.74 Å². The summed E-state index contributed by atoms with van der Waals surface area (Å²) < 4.78 is 18.4. The minimum atomic E-state index is -0.402. The Morgan fingerprint density at radius 1 is 1.23 bits per heavy atom. The summed E-state index contributed by atoms with van der Waals surface area (Å²) in [6.45, 7) is 10.2. The van der Waals surface area contributed by atoms with Crippen LogP contribution in [0.2, 0.25) is 0 Å². The van der Waals surface area contributed by atoms with E-state index in [1.165, 1.54) is 22.3 Å². The predicted molar refractivity (Wildman–Crippen MR) is 124 cm³/mol. The molecule has 2 aliphatic heterocycles. The minimum Gasteiger partial charge on any atom is -0.375 e. The van der Waals surface area contributed by atoms with Crippen LogP contribution in [-0.2, 0) is 11.2 Å². The van der Waals surface area contributed by atoms with Crippen LogP contribution in [0.4, 0.5) is 4.39 Å². The van der Waals surface area contributed by atoms with Crippen LogP contribution >= 0.6 is 40.5 Å². The Hall–Kier alpha value is -0.140. The number of rotatable bonds is 5. The van der Waals surface area contributed by atoms with Gasteiger partial charge in [0.1, 0.15) is 6.67 Å². The van der Waals surface area contributed by atoms with Gasteiger partial charge >= 0.3 is 0 Å². The number of benzene rings is 1. The lowest BCUT2D eigenvalue weighted by atomic mass is 9.79. The lowest BCUT2D eigenvalue weighted by Gasteiger charge is -2.47. The van der Waals surface area contributed by atoms with Crippen molar-refractivity contribution < 1.29 is 9.13 Å². The molecule has 0 amide bonds. The first-order valence-electron chi connectivity index (χ1n) is 8.76. The number of nitrogens with zero attached hydrogens (tertiary/aromatic N) is 1. The molecule has 0 aromatic heterocycles. The fourth-order valence-corrected chi connectivity index (χ4v) is 4.21. The summed E-state index contributed by atoms with van der Waals surface area (Å²) >= 11 is 0. The fraction of sp³-hybridized carbons (Fsp3) is 0.600. The Morgan fingerprint density at radius 2 is 1.92 bits per heavy atom. The summed E-state index contributed by atoms with van der Waals surface area (Å²) in [6, 6.07) is 5.14. The van der Waals surface area contributed by atoms with Gasteiger partial charge in [-0.3, -0.25) is 4.90 Å². The van der Waals surface area contributed by atoms with Crippen LogP contribution in [0.3, 0.4) is 0 Å². The molecule has 6 heteroatoms. The van der Waals surface area contributed by atoms with Crippen LogP contribution in [0.25, 0.3) is 0 Å². The molecule has 3 rings (SSSR count). The Labute approximate surface area is 178 Å². The second-order valence-electron chi connectivity index (χ2n) is 7.01. The highest BCUT2D eigenvalue weighted by Gasteiger charge is 2.38. The largest absolute Gasteiger partial charge is 0.375 e. The third kappa shape index (κ3) is 5.44. The van der Waals surface area contributed by atoms with Gasteiger partial charge in [-0.15, -0.1) is 6.58 Å². The maximum Gasteiger partial charge on any atom is 0.113 e. The van der Waals surface area contributed by atoms with Crippen molar-refractivity contribution in [2.24, 2.45) is 5.92 Å². The zero-order chi connectivity index (χ0) is 16.4. The zero-order valence-electron chi connectivity index (χ0n) is 15.9. The van der Waals surface area contributed by atoms with Gasteiger partial charge in [-0.25, -0.2) is 4.39 Å². The third-order valence-corrected chi connectivity index (χ3v) is 5.55. The Morgan fingerprint density at radius 3 is 2.58 bits per heavy atom. The first-order valence-corrected chi connectivity index (χ1v) is 8.76. The van der Waals surface area contributed by atoms with Gasteiger partial charge in [0.05, 0.1) is 12.7 Å². The maximum atomic E-state index is 12.6. The van der Waals surface area contributed by atoms with E-state index in [-0.39, 0.29) is 53.2 Å². The quantitative estimate of drug-likeness (QED) is 0.653. The molecule has 2 nitrogen and oxygen atoms in total. The molecule has 1 aromatic carbocycles. The van der Waals surface area contributed by atoms with E-state index in [1.54, 1.807) is 0 Å². The first kappa shape index (κ1) is 25.9. The fourth-order valence-electron chi connectivity index (χ4n) is 4.21. The number of piperidine rings is 1. The summed E-state index contributed by atoms with van der Waals surface area (Å²) in [5.74, 6) is 0.434. The highest BCUT2D eigenvalue weighted by atomic mass is 32.1. The monoisotopic (exact) mass is 418 g/mol. The topological polar surface area (TPSA) is 12.5 Å².